The molecular formula is C27H32FNO2. The maximum Gasteiger partial charge on any atom is 0.333 e. The van der Waals surface area contributed by atoms with Gasteiger partial charge in [-0.2, -0.15) is 0 Å². The van der Waals surface area contributed by atoms with E-state index in [4.69, 9.17) is 5.11 Å². The number of aliphatic carboxylic acids is 1. The summed E-state index contributed by atoms with van der Waals surface area (Å²) in [5, 5.41) is 11.7. The summed E-state index contributed by atoms with van der Waals surface area (Å²) in [5.74, 6) is -1.39. The van der Waals surface area contributed by atoms with Gasteiger partial charge in [0.2, 0.25) is 0 Å². The molecule has 3 nitrogen and oxygen atoms in total. The quantitative estimate of drug-likeness (QED) is 0.284. The van der Waals surface area contributed by atoms with E-state index in [1.54, 1.807) is 13.8 Å². The van der Waals surface area contributed by atoms with Crippen LogP contribution in [0.25, 0.3) is 10.8 Å². The monoisotopic (exact) mass is 421 g/mol. The fourth-order valence-corrected chi connectivity index (χ4v) is 2.96. The summed E-state index contributed by atoms with van der Waals surface area (Å²) in [7, 11) is 0. The third-order valence-electron chi connectivity index (χ3n) is 4.86. The molecule has 0 aromatic heterocycles. The predicted molar refractivity (Wildman–Crippen MR) is 130 cm³/mol. The van der Waals surface area contributed by atoms with E-state index in [1.807, 2.05) is 6.92 Å². The number of hydrogen-bond donors (Lipinski definition) is 1. The highest BCUT2D eigenvalue weighted by Crippen LogP contribution is 2.18. The van der Waals surface area contributed by atoms with Gasteiger partial charge in [0.15, 0.2) is 0 Å². The number of halogens is 1. The first kappa shape index (κ1) is 25.8. The Morgan fingerprint density at radius 3 is 2.32 bits per heavy atom. The van der Waals surface area contributed by atoms with Gasteiger partial charge < -0.3 is 5.11 Å². The predicted octanol–water partition coefficient (Wildman–Crippen LogP) is 7.60. The molecule has 1 N–H and O–H groups in total. The van der Waals surface area contributed by atoms with Gasteiger partial charge in [-0.05, 0) is 61.6 Å². The number of allylic oxidation sites excluding steroid dienone is 6. The lowest BCUT2D eigenvalue weighted by molar-refractivity contribution is -0.132. The lowest BCUT2D eigenvalue weighted by atomic mass is 10.0. The van der Waals surface area contributed by atoms with Crippen LogP contribution < -0.4 is 0 Å². The standard InChI is InChI=1S/C15H20FNO2.C12H12/c1-6-12(9-13(16)7-2)11(5)17-14(8-3)10(4)15(18)19;1-2-10-7-5-8-11-6-3-4-9-12(10)11/h6-7,9H,1,8H2,2-5H3,(H,18,19);3-9H,2H2,1H3/b12-9+,13-7+,14-10+,17-11+;. The molecule has 0 heterocycles. The molecule has 0 spiro atoms. The molecule has 2 rings (SSSR count). The summed E-state index contributed by atoms with van der Waals surface area (Å²) in [6.45, 7) is 12.4. The Kier molecular flexibility index (Phi) is 10.9. The van der Waals surface area contributed by atoms with Crippen LogP contribution in [0.4, 0.5) is 4.39 Å². The molecule has 31 heavy (non-hydrogen) atoms. The Bertz CT molecular complexity index is 1040. The molecule has 2 aromatic carbocycles. The summed E-state index contributed by atoms with van der Waals surface area (Å²) in [4.78, 5) is 15.2. The zero-order valence-corrected chi connectivity index (χ0v) is 19.1. The molecule has 0 bridgehead atoms. The maximum absolute atomic E-state index is 13.2. The second kappa shape index (κ2) is 13.1. The number of hydrogen-bond acceptors (Lipinski definition) is 2. The van der Waals surface area contributed by atoms with Crippen molar-refractivity contribution in [2.75, 3.05) is 0 Å². The van der Waals surface area contributed by atoms with Crippen molar-refractivity contribution in [2.24, 2.45) is 4.99 Å². The average Bonchev–Trinajstić information content (AvgIpc) is 2.79. The van der Waals surface area contributed by atoms with Crippen molar-refractivity contribution in [1.29, 1.82) is 0 Å². The Hall–Kier alpha value is -3.27. The lowest BCUT2D eigenvalue weighted by Gasteiger charge is -2.06. The first-order valence-corrected chi connectivity index (χ1v) is 10.4. The zero-order chi connectivity index (χ0) is 23.4. The number of benzene rings is 2. The third kappa shape index (κ3) is 7.82. The van der Waals surface area contributed by atoms with Crippen molar-refractivity contribution in [3.05, 3.63) is 95.5 Å². The van der Waals surface area contributed by atoms with E-state index in [2.05, 4.69) is 61.0 Å². The van der Waals surface area contributed by atoms with Gasteiger partial charge in [0, 0.05) is 5.71 Å². The van der Waals surface area contributed by atoms with Gasteiger partial charge in [0.05, 0.1) is 11.3 Å². The van der Waals surface area contributed by atoms with Gasteiger partial charge in [-0.15, -0.1) is 0 Å². The number of carbonyl (C=O) groups is 1. The first-order chi connectivity index (χ1) is 14.8. The summed E-state index contributed by atoms with van der Waals surface area (Å²) in [6.07, 6.45) is 5.74. The number of aliphatic imine (C=N–C) groups is 1. The number of carboxylic acids is 1. The number of rotatable bonds is 7. The van der Waals surface area contributed by atoms with Crippen LogP contribution in [0.1, 0.15) is 46.6 Å². The highest BCUT2D eigenvalue weighted by Gasteiger charge is 2.08. The Morgan fingerprint density at radius 1 is 1.13 bits per heavy atom. The van der Waals surface area contributed by atoms with Gasteiger partial charge in [0.25, 0.3) is 0 Å². The fraction of sp³-hybridized carbons (Fsp3) is 0.259. The van der Waals surface area contributed by atoms with Gasteiger partial charge in [-0.1, -0.05) is 75.0 Å². The van der Waals surface area contributed by atoms with Crippen molar-refractivity contribution < 1.29 is 14.3 Å². The number of nitrogens with zero attached hydrogens (tertiary/aromatic N) is 1. The molecule has 4 heteroatoms. The van der Waals surface area contributed by atoms with Crippen molar-refractivity contribution in [1.82, 2.24) is 0 Å². The number of fused-ring (bicyclic) bond motifs is 1. The summed E-state index contributed by atoms with van der Waals surface area (Å²) >= 11 is 0. The molecule has 0 unspecified atom stereocenters. The molecule has 164 valence electrons. The minimum atomic E-state index is -1.00. The molecule has 0 aliphatic rings. The smallest absolute Gasteiger partial charge is 0.333 e. The van der Waals surface area contributed by atoms with E-state index < -0.39 is 5.97 Å². The lowest BCUT2D eigenvalue weighted by Crippen LogP contribution is -2.02. The molecule has 0 aliphatic heterocycles. The molecule has 0 fully saturated rings. The van der Waals surface area contributed by atoms with Crippen LogP contribution in [-0.4, -0.2) is 16.8 Å². The second-order valence-electron chi connectivity index (χ2n) is 6.90. The van der Waals surface area contributed by atoms with Crippen molar-refractivity contribution in [2.45, 2.75) is 47.5 Å². The largest absolute Gasteiger partial charge is 0.478 e. The van der Waals surface area contributed by atoms with E-state index >= 15 is 0 Å². The number of carboxylic acid groups (broad SMARTS) is 1. The summed E-state index contributed by atoms with van der Waals surface area (Å²) < 4.78 is 13.2. The fourth-order valence-electron chi connectivity index (χ4n) is 2.96. The first-order valence-electron chi connectivity index (χ1n) is 10.4. The normalized spacial score (nSPS) is 13.3. The van der Waals surface area contributed by atoms with E-state index in [-0.39, 0.29) is 11.4 Å². The van der Waals surface area contributed by atoms with Crippen molar-refractivity contribution in [3.63, 3.8) is 0 Å². The minimum absolute atomic E-state index is 0.191. The SMILES string of the molecule is C=CC(=C\C(F)=C/C)/C(C)=N/C(CC)=C(\C)C(=O)O.CCc1cccc2ccccc12. The van der Waals surface area contributed by atoms with Gasteiger partial charge in [0.1, 0.15) is 5.83 Å². The van der Waals surface area contributed by atoms with Crippen LogP contribution in [0.5, 0.6) is 0 Å². The minimum Gasteiger partial charge on any atom is -0.478 e. The number of aryl methyl sites for hydroxylation is 1. The molecule has 0 radical (unpaired) electrons. The van der Waals surface area contributed by atoms with Crippen molar-refractivity contribution in [3.8, 4) is 0 Å². The van der Waals surface area contributed by atoms with Crippen LogP contribution in [0, 0.1) is 0 Å². The summed E-state index contributed by atoms with van der Waals surface area (Å²) in [6, 6.07) is 15.0. The van der Waals surface area contributed by atoms with Crippen LogP contribution in [0.15, 0.2) is 94.9 Å². The van der Waals surface area contributed by atoms with Gasteiger partial charge in [-0.25, -0.2) is 9.18 Å². The summed E-state index contributed by atoms with van der Waals surface area (Å²) in [5.41, 5.74) is 3.16. The molecule has 0 amide bonds. The highest BCUT2D eigenvalue weighted by molar-refractivity contribution is 6.02. The maximum atomic E-state index is 13.2. The Balaban J connectivity index is 0.000000339. The van der Waals surface area contributed by atoms with Crippen LogP contribution in [0.2, 0.25) is 0 Å². The van der Waals surface area contributed by atoms with Crippen molar-refractivity contribution >= 4 is 22.5 Å². The highest BCUT2D eigenvalue weighted by atomic mass is 19.1. The average molecular weight is 422 g/mol. The third-order valence-corrected chi connectivity index (χ3v) is 4.86. The molecule has 0 aliphatic carbocycles. The second-order valence-corrected chi connectivity index (χ2v) is 6.90. The van der Waals surface area contributed by atoms with E-state index in [1.165, 1.54) is 41.5 Å². The molecule has 2 aromatic rings. The topological polar surface area (TPSA) is 49.7 Å². The Morgan fingerprint density at radius 2 is 1.77 bits per heavy atom. The van der Waals surface area contributed by atoms with Gasteiger partial charge in [-0.3, -0.25) is 4.99 Å². The molecule has 0 saturated carbocycles. The van der Waals surface area contributed by atoms with Gasteiger partial charge >= 0.3 is 5.97 Å². The zero-order valence-electron chi connectivity index (χ0n) is 19.1. The van der Waals surface area contributed by atoms with E-state index in [0.717, 1.165) is 6.42 Å². The van der Waals surface area contributed by atoms with Crippen LogP contribution >= 0.6 is 0 Å². The molecular weight excluding hydrogens is 389 g/mol. The van der Waals surface area contributed by atoms with Crippen LogP contribution in [0.3, 0.4) is 0 Å². The Labute approximate surface area is 185 Å². The van der Waals surface area contributed by atoms with Crippen LogP contribution in [-0.2, 0) is 11.2 Å². The molecule has 0 atom stereocenters. The van der Waals surface area contributed by atoms with E-state index in [0.29, 0.717) is 23.4 Å². The van der Waals surface area contributed by atoms with E-state index in [9.17, 15) is 9.18 Å². The molecule has 0 saturated heterocycles.